The molecule has 3 aromatic rings. The first-order valence-electron chi connectivity index (χ1n) is 10.4. The molecule has 0 bridgehead atoms. The highest BCUT2D eigenvalue weighted by molar-refractivity contribution is 7.14. The van der Waals surface area contributed by atoms with E-state index in [4.69, 9.17) is 4.98 Å². The summed E-state index contributed by atoms with van der Waals surface area (Å²) in [6, 6.07) is 16.1. The van der Waals surface area contributed by atoms with Crippen molar-refractivity contribution in [2.45, 2.75) is 47.5 Å². The molecule has 158 valence electrons. The van der Waals surface area contributed by atoms with E-state index in [0.29, 0.717) is 12.3 Å². The van der Waals surface area contributed by atoms with Crippen molar-refractivity contribution < 1.29 is 4.79 Å². The molecule has 30 heavy (non-hydrogen) atoms. The van der Waals surface area contributed by atoms with Crippen molar-refractivity contribution in [1.29, 1.82) is 0 Å². The predicted molar refractivity (Wildman–Crippen MR) is 128 cm³/mol. The van der Waals surface area contributed by atoms with Gasteiger partial charge >= 0.3 is 0 Å². The van der Waals surface area contributed by atoms with Crippen molar-refractivity contribution in [2.24, 2.45) is 11.3 Å². The largest absolute Gasteiger partial charge is 0.332 e. The number of amides is 1. The first-order valence-corrected chi connectivity index (χ1v) is 11.3. The van der Waals surface area contributed by atoms with Crippen LogP contribution in [0.2, 0.25) is 0 Å². The highest BCUT2D eigenvalue weighted by Crippen LogP contribution is 2.29. The number of carbonyl (C=O) groups is 1. The summed E-state index contributed by atoms with van der Waals surface area (Å²) >= 11 is 1.57. The van der Waals surface area contributed by atoms with Crippen LogP contribution < -0.4 is 10.6 Å². The maximum absolute atomic E-state index is 12.5. The van der Waals surface area contributed by atoms with Gasteiger partial charge in [-0.15, -0.1) is 11.3 Å². The molecule has 0 aliphatic carbocycles. The Balaban J connectivity index is 1.64. The van der Waals surface area contributed by atoms with Gasteiger partial charge in [0, 0.05) is 28.7 Å². The van der Waals surface area contributed by atoms with Gasteiger partial charge in [0.2, 0.25) is 5.91 Å². The number of aryl methyl sites for hydroxylation is 1. The zero-order valence-electron chi connectivity index (χ0n) is 18.5. The van der Waals surface area contributed by atoms with Gasteiger partial charge in [0.05, 0.1) is 5.69 Å². The van der Waals surface area contributed by atoms with E-state index in [1.165, 1.54) is 5.56 Å². The Bertz CT molecular complexity index is 1000. The lowest BCUT2D eigenvalue weighted by Crippen LogP contribution is -2.18. The van der Waals surface area contributed by atoms with Crippen LogP contribution in [0, 0.1) is 18.3 Å². The van der Waals surface area contributed by atoms with E-state index in [0.717, 1.165) is 34.2 Å². The van der Waals surface area contributed by atoms with E-state index in [2.05, 4.69) is 57.4 Å². The van der Waals surface area contributed by atoms with Crippen LogP contribution in [-0.2, 0) is 4.79 Å². The van der Waals surface area contributed by atoms with Crippen molar-refractivity contribution >= 4 is 33.8 Å². The highest BCUT2D eigenvalue weighted by atomic mass is 32.1. The summed E-state index contributed by atoms with van der Waals surface area (Å²) in [6.07, 6.45) is 1.55. The van der Waals surface area contributed by atoms with E-state index in [1.807, 2.05) is 41.8 Å². The first kappa shape index (κ1) is 22.0. The average Bonchev–Trinajstić information content (AvgIpc) is 3.08. The normalized spacial score (nSPS) is 12.4. The van der Waals surface area contributed by atoms with Crippen LogP contribution in [0.15, 0.2) is 53.9 Å². The molecule has 0 radical (unpaired) electrons. The molecular weight excluding hydrogens is 390 g/mol. The lowest BCUT2D eigenvalue weighted by molar-refractivity contribution is -0.117. The molecule has 3 rings (SSSR count). The number of benzene rings is 2. The topological polar surface area (TPSA) is 54.0 Å². The second-order valence-electron chi connectivity index (χ2n) is 9.24. The summed E-state index contributed by atoms with van der Waals surface area (Å²) in [5.74, 6) is 0.408. The number of anilines is 3. The van der Waals surface area contributed by atoms with Gasteiger partial charge in [-0.3, -0.25) is 4.79 Å². The molecule has 0 saturated heterocycles. The van der Waals surface area contributed by atoms with E-state index < -0.39 is 0 Å². The molecule has 1 atom stereocenters. The number of rotatable bonds is 7. The number of aromatic nitrogens is 1. The Labute approximate surface area is 183 Å². The summed E-state index contributed by atoms with van der Waals surface area (Å²) in [5, 5.41) is 9.28. The third-order valence-corrected chi connectivity index (χ3v) is 5.47. The van der Waals surface area contributed by atoms with E-state index >= 15 is 0 Å². The zero-order valence-corrected chi connectivity index (χ0v) is 19.3. The van der Waals surface area contributed by atoms with Crippen molar-refractivity contribution in [3.63, 3.8) is 0 Å². The van der Waals surface area contributed by atoms with Crippen molar-refractivity contribution in [3.05, 3.63) is 59.5 Å². The van der Waals surface area contributed by atoms with Crippen LogP contribution in [0.3, 0.4) is 0 Å². The van der Waals surface area contributed by atoms with Gasteiger partial charge in [-0.2, -0.15) is 0 Å². The Morgan fingerprint density at radius 1 is 1.10 bits per heavy atom. The zero-order chi connectivity index (χ0) is 21.7. The average molecular weight is 422 g/mol. The number of carbonyl (C=O) groups excluding carboxylic acids is 1. The fourth-order valence-corrected chi connectivity index (χ4v) is 4.45. The molecule has 0 fully saturated rings. The van der Waals surface area contributed by atoms with Gasteiger partial charge in [0.1, 0.15) is 0 Å². The minimum atomic E-state index is 0.0592. The van der Waals surface area contributed by atoms with Crippen LogP contribution in [0.4, 0.5) is 16.5 Å². The molecule has 1 aromatic heterocycles. The first-order chi connectivity index (χ1) is 14.2. The molecule has 0 spiro atoms. The quantitative estimate of drug-likeness (QED) is 0.422. The van der Waals surface area contributed by atoms with Crippen LogP contribution in [-0.4, -0.2) is 10.9 Å². The molecule has 0 aliphatic rings. The maximum atomic E-state index is 12.5. The summed E-state index contributed by atoms with van der Waals surface area (Å²) in [6.45, 7) is 10.8. The SMILES string of the molecule is Cc1cccc(Nc2nc(-c3cccc(NC(=O)CC(C)CC(C)(C)C)c3)cs2)c1. The second-order valence-corrected chi connectivity index (χ2v) is 10.1. The fourth-order valence-electron chi connectivity index (χ4n) is 3.71. The van der Waals surface area contributed by atoms with Gasteiger partial charge in [-0.25, -0.2) is 4.98 Å². The summed E-state index contributed by atoms with van der Waals surface area (Å²) in [4.78, 5) is 17.2. The molecule has 1 amide bonds. The monoisotopic (exact) mass is 421 g/mol. The molecule has 4 nitrogen and oxygen atoms in total. The molecule has 1 heterocycles. The minimum Gasteiger partial charge on any atom is -0.332 e. The number of nitrogens with one attached hydrogen (secondary N) is 2. The Morgan fingerprint density at radius 2 is 1.83 bits per heavy atom. The number of thiazole rings is 1. The van der Waals surface area contributed by atoms with Gasteiger partial charge in [-0.1, -0.05) is 52.0 Å². The number of hydrogen-bond donors (Lipinski definition) is 2. The third kappa shape index (κ3) is 6.70. The van der Waals surface area contributed by atoms with Crippen molar-refractivity contribution in [2.75, 3.05) is 10.6 Å². The van der Waals surface area contributed by atoms with Crippen LogP contribution >= 0.6 is 11.3 Å². The summed E-state index contributed by atoms with van der Waals surface area (Å²) in [7, 11) is 0. The fraction of sp³-hybridized carbons (Fsp3) is 0.360. The number of nitrogens with zero attached hydrogens (tertiary/aromatic N) is 1. The van der Waals surface area contributed by atoms with Crippen LogP contribution in [0.1, 0.15) is 46.1 Å². The Hall–Kier alpha value is -2.66. The summed E-state index contributed by atoms with van der Waals surface area (Å²) < 4.78 is 0. The summed E-state index contributed by atoms with van der Waals surface area (Å²) in [5.41, 5.74) is 5.16. The molecule has 2 N–H and O–H groups in total. The van der Waals surface area contributed by atoms with E-state index in [9.17, 15) is 4.79 Å². The van der Waals surface area contributed by atoms with Crippen molar-refractivity contribution in [3.8, 4) is 11.3 Å². The Morgan fingerprint density at radius 3 is 2.57 bits per heavy atom. The molecule has 2 aromatic carbocycles. The standard InChI is InChI=1S/C25H31N3OS/c1-17-8-6-10-20(12-17)27-24-28-22(16-30-24)19-9-7-11-21(14-19)26-23(29)13-18(2)15-25(3,4)5/h6-12,14,16,18H,13,15H2,1-5H3,(H,26,29)(H,27,28). The van der Waals surface area contributed by atoms with Gasteiger partial charge in [0.25, 0.3) is 0 Å². The van der Waals surface area contributed by atoms with Gasteiger partial charge in [0.15, 0.2) is 5.13 Å². The second kappa shape index (κ2) is 9.43. The molecule has 0 aliphatic heterocycles. The molecular formula is C25H31N3OS. The van der Waals surface area contributed by atoms with Gasteiger partial charge in [-0.05, 0) is 54.5 Å². The van der Waals surface area contributed by atoms with Crippen LogP contribution in [0.25, 0.3) is 11.3 Å². The molecule has 1 unspecified atom stereocenters. The Kier molecular flexibility index (Phi) is 6.93. The number of hydrogen-bond acceptors (Lipinski definition) is 4. The van der Waals surface area contributed by atoms with Crippen molar-refractivity contribution in [1.82, 2.24) is 4.98 Å². The molecule has 5 heteroatoms. The molecule has 0 saturated carbocycles. The van der Waals surface area contributed by atoms with E-state index in [1.54, 1.807) is 11.3 Å². The minimum absolute atomic E-state index is 0.0592. The van der Waals surface area contributed by atoms with Gasteiger partial charge < -0.3 is 10.6 Å². The highest BCUT2D eigenvalue weighted by Gasteiger charge is 2.18. The van der Waals surface area contributed by atoms with Crippen LogP contribution in [0.5, 0.6) is 0 Å². The lowest BCUT2D eigenvalue weighted by Gasteiger charge is -2.22. The third-order valence-electron chi connectivity index (χ3n) is 4.71. The van der Waals surface area contributed by atoms with E-state index in [-0.39, 0.29) is 11.3 Å². The maximum Gasteiger partial charge on any atom is 0.224 e. The smallest absolute Gasteiger partial charge is 0.224 e. The lowest BCUT2D eigenvalue weighted by atomic mass is 9.84. The predicted octanol–water partition coefficient (Wildman–Crippen LogP) is 7.26.